The van der Waals surface area contributed by atoms with Gasteiger partial charge >= 0.3 is 5.97 Å². The molecule has 1 aromatic carbocycles. The number of carboxylic acids is 1. The van der Waals surface area contributed by atoms with Gasteiger partial charge in [0.15, 0.2) is 0 Å². The average Bonchev–Trinajstić information content (AvgIpc) is 2.03. The van der Waals surface area contributed by atoms with Gasteiger partial charge in [-0.2, -0.15) is 0 Å². The van der Waals surface area contributed by atoms with Crippen LogP contribution in [-0.2, 0) is 4.79 Å². The molecule has 1 N–H and O–H groups in total. The van der Waals surface area contributed by atoms with Crippen molar-refractivity contribution in [2.45, 2.75) is 19.5 Å². The van der Waals surface area contributed by atoms with Gasteiger partial charge in [-0.3, -0.25) is 4.79 Å². The summed E-state index contributed by atoms with van der Waals surface area (Å²) in [4.78, 5) is 10.2. The number of halogens is 1. The number of aliphatic carboxylic acids is 1. The summed E-state index contributed by atoms with van der Waals surface area (Å²) < 4.78 is 13.2. The third kappa shape index (κ3) is 2.86. The summed E-state index contributed by atoms with van der Waals surface area (Å²) in [5.74, 6) is -1.12. The van der Waals surface area contributed by atoms with Crippen LogP contribution >= 0.6 is 0 Å². The van der Waals surface area contributed by atoms with Crippen LogP contribution in [0.2, 0.25) is 0 Å². The first kappa shape index (κ1) is 9.71. The molecule has 0 aliphatic carbocycles. The van der Waals surface area contributed by atoms with Crippen LogP contribution in [0, 0.1) is 6.92 Å². The van der Waals surface area contributed by atoms with Crippen molar-refractivity contribution in [1.82, 2.24) is 0 Å². The summed E-state index contributed by atoms with van der Waals surface area (Å²) in [5, 5.41) is 8.37. The third-order valence-corrected chi connectivity index (χ3v) is 1.76. The first-order valence-corrected chi connectivity index (χ1v) is 4.02. The minimum atomic E-state index is -1.41. The molecule has 0 spiro atoms. The molecule has 1 aromatic rings. The van der Waals surface area contributed by atoms with Crippen molar-refractivity contribution in [2.24, 2.45) is 0 Å². The van der Waals surface area contributed by atoms with Gasteiger partial charge < -0.3 is 5.11 Å². The van der Waals surface area contributed by atoms with Gasteiger partial charge in [-0.15, -0.1) is 0 Å². The topological polar surface area (TPSA) is 37.3 Å². The lowest BCUT2D eigenvalue weighted by atomic mass is 10.1. The molecular formula is C10H11FO2. The van der Waals surface area contributed by atoms with E-state index in [1.807, 2.05) is 13.0 Å². The lowest BCUT2D eigenvalue weighted by Crippen LogP contribution is -2.01. The first-order chi connectivity index (χ1) is 6.09. The molecule has 0 aliphatic heterocycles. The summed E-state index contributed by atoms with van der Waals surface area (Å²) >= 11 is 0. The van der Waals surface area contributed by atoms with E-state index in [1.165, 1.54) is 0 Å². The smallest absolute Gasteiger partial charge is 0.306 e. The molecule has 0 fully saturated rings. The summed E-state index contributed by atoms with van der Waals surface area (Å²) in [6, 6.07) is 6.82. The van der Waals surface area contributed by atoms with Crippen LogP contribution < -0.4 is 0 Å². The Hall–Kier alpha value is -1.38. The van der Waals surface area contributed by atoms with Crippen molar-refractivity contribution < 1.29 is 14.3 Å². The molecule has 0 saturated heterocycles. The molecule has 0 heterocycles. The highest BCUT2D eigenvalue weighted by Crippen LogP contribution is 2.21. The van der Waals surface area contributed by atoms with E-state index in [4.69, 9.17) is 5.11 Å². The van der Waals surface area contributed by atoms with E-state index >= 15 is 0 Å². The van der Waals surface area contributed by atoms with Crippen LogP contribution in [0.25, 0.3) is 0 Å². The SMILES string of the molecule is Cc1cccc(C(F)CC(=O)O)c1. The van der Waals surface area contributed by atoms with Crippen molar-refractivity contribution in [1.29, 1.82) is 0 Å². The maximum Gasteiger partial charge on any atom is 0.306 e. The molecule has 2 nitrogen and oxygen atoms in total. The third-order valence-electron chi connectivity index (χ3n) is 1.76. The molecule has 1 atom stereocenters. The normalized spacial score (nSPS) is 12.5. The highest BCUT2D eigenvalue weighted by Gasteiger charge is 2.13. The zero-order valence-electron chi connectivity index (χ0n) is 7.33. The highest BCUT2D eigenvalue weighted by atomic mass is 19.1. The Kier molecular flexibility index (Phi) is 3.01. The number of benzene rings is 1. The zero-order chi connectivity index (χ0) is 9.84. The van der Waals surface area contributed by atoms with E-state index in [0.29, 0.717) is 5.56 Å². The van der Waals surface area contributed by atoms with Crippen molar-refractivity contribution in [2.75, 3.05) is 0 Å². The molecule has 0 amide bonds. The molecule has 70 valence electrons. The van der Waals surface area contributed by atoms with Gasteiger partial charge in [-0.25, -0.2) is 4.39 Å². The summed E-state index contributed by atoms with van der Waals surface area (Å²) in [6.07, 6.45) is -1.87. The van der Waals surface area contributed by atoms with E-state index in [0.717, 1.165) is 5.56 Å². The molecule has 0 radical (unpaired) electrons. The van der Waals surface area contributed by atoms with Gasteiger partial charge in [-0.05, 0) is 12.5 Å². The van der Waals surface area contributed by atoms with Crippen LogP contribution in [0.1, 0.15) is 23.7 Å². The Morgan fingerprint density at radius 3 is 2.85 bits per heavy atom. The predicted octanol–water partition coefficient (Wildman–Crippen LogP) is 2.48. The van der Waals surface area contributed by atoms with E-state index in [-0.39, 0.29) is 0 Å². The maximum absolute atomic E-state index is 13.2. The predicted molar refractivity (Wildman–Crippen MR) is 47.3 cm³/mol. The van der Waals surface area contributed by atoms with E-state index < -0.39 is 18.6 Å². The molecule has 3 heteroatoms. The van der Waals surface area contributed by atoms with E-state index in [1.54, 1.807) is 18.2 Å². The molecule has 13 heavy (non-hydrogen) atoms. The number of carboxylic acid groups (broad SMARTS) is 1. The Bertz CT molecular complexity index is 310. The van der Waals surface area contributed by atoms with Gasteiger partial charge in [0.25, 0.3) is 0 Å². The van der Waals surface area contributed by atoms with E-state index in [9.17, 15) is 9.18 Å². The summed E-state index contributed by atoms with van der Waals surface area (Å²) in [7, 11) is 0. The average molecular weight is 182 g/mol. The van der Waals surface area contributed by atoms with Crippen molar-refractivity contribution >= 4 is 5.97 Å². The Morgan fingerprint density at radius 1 is 1.62 bits per heavy atom. The molecule has 1 rings (SSSR count). The number of rotatable bonds is 3. The fourth-order valence-electron chi connectivity index (χ4n) is 1.14. The second-order valence-corrected chi connectivity index (χ2v) is 2.98. The van der Waals surface area contributed by atoms with E-state index in [2.05, 4.69) is 0 Å². The number of carbonyl (C=O) groups is 1. The zero-order valence-corrected chi connectivity index (χ0v) is 7.33. The number of aryl methyl sites for hydroxylation is 1. The second-order valence-electron chi connectivity index (χ2n) is 2.98. The lowest BCUT2D eigenvalue weighted by molar-refractivity contribution is -0.138. The first-order valence-electron chi connectivity index (χ1n) is 4.02. The maximum atomic E-state index is 13.2. The van der Waals surface area contributed by atoms with Crippen LogP contribution in [0.5, 0.6) is 0 Å². The number of hydrogen-bond donors (Lipinski definition) is 1. The van der Waals surface area contributed by atoms with Crippen molar-refractivity contribution in [3.8, 4) is 0 Å². The van der Waals surface area contributed by atoms with Gasteiger partial charge in [0.1, 0.15) is 6.17 Å². The van der Waals surface area contributed by atoms with Crippen LogP contribution in [0.4, 0.5) is 4.39 Å². The Balaban J connectivity index is 2.76. The molecule has 0 aliphatic rings. The monoisotopic (exact) mass is 182 g/mol. The van der Waals surface area contributed by atoms with Gasteiger partial charge in [0.2, 0.25) is 0 Å². The number of hydrogen-bond acceptors (Lipinski definition) is 1. The van der Waals surface area contributed by atoms with Crippen LogP contribution in [0.15, 0.2) is 24.3 Å². The summed E-state index contributed by atoms with van der Waals surface area (Å²) in [6.45, 7) is 1.84. The van der Waals surface area contributed by atoms with Crippen molar-refractivity contribution in [3.63, 3.8) is 0 Å². The lowest BCUT2D eigenvalue weighted by Gasteiger charge is -2.05. The largest absolute Gasteiger partial charge is 0.481 e. The minimum absolute atomic E-state index is 0.433. The molecule has 1 unspecified atom stereocenters. The highest BCUT2D eigenvalue weighted by molar-refractivity contribution is 5.67. The van der Waals surface area contributed by atoms with Crippen LogP contribution in [-0.4, -0.2) is 11.1 Å². The van der Waals surface area contributed by atoms with Crippen molar-refractivity contribution in [3.05, 3.63) is 35.4 Å². The Labute approximate surface area is 76.0 Å². The minimum Gasteiger partial charge on any atom is -0.481 e. The van der Waals surface area contributed by atoms with Gasteiger partial charge in [0, 0.05) is 0 Å². The summed E-state index contributed by atoms with van der Waals surface area (Å²) in [5.41, 5.74) is 1.37. The second kappa shape index (κ2) is 4.03. The fourth-order valence-corrected chi connectivity index (χ4v) is 1.14. The fraction of sp³-hybridized carbons (Fsp3) is 0.300. The van der Waals surface area contributed by atoms with Gasteiger partial charge in [0.05, 0.1) is 6.42 Å². The van der Waals surface area contributed by atoms with Gasteiger partial charge in [-0.1, -0.05) is 29.8 Å². The molecular weight excluding hydrogens is 171 g/mol. The quantitative estimate of drug-likeness (QED) is 0.779. The number of alkyl halides is 1. The van der Waals surface area contributed by atoms with Crippen LogP contribution in [0.3, 0.4) is 0 Å². The molecule has 0 saturated carbocycles. The molecule has 0 aromatic heterocycles. The molecule has 0 bridgehead atoms. The standard InChI is InChI=1S/C10H11FO2/c1-7-3-2-4-8(5-7)9(11)6-10(12)13/h2-5,9H,6H2,1H3,(H,12,13). The Morgan fingerprint density at radius 2 is 2.31 bits per heavy atom.